The van der Waals surface area contributed by atoms with Crippen molar-refractivity contribution in [1.82, 2.24) is 5.32 Å². The summed E-state index contributed by atoms with van der Waals surface area (Å²) >= 11 is 0. The molecule has 4 N–H and O–H groups in total. The van der Waals surface area contributed by atoms with E-state index in [2.05, 4.69) is 10.6 Å². The molecule has 5 nitrogen and oxygen atoms in total. The predicted octanol–water partition coefficient (Wildman–Crippen LogP) is 5.80. The summed E-state index contributed by atoms with van der Waals surface area (Å²) in [6, 6.07) is 22.1. The molecule has 0 aromatic heterocycles. The number of para-hydroxylation sites is 2. The Morgan fingerprint density at radius 1 is 0.784 bits per heavy atom. The maximum Gasteiger partial charge on any atom is 0.255 e. The van der Waals surface area contributed by atoms with Crippen LogP contribution in [0.2, 0.25) is 0 Å². The van der Waals surface area contributed by atoms with Crippen LogP contribution >= 0.6 is 0 Å². The van der Waals surface area contributed by atoms with Crippen molar-refractivity contribution in [2.45, 2.75) is 6.54 Å². The van der Waals surface area contributed by atoms with Gasteiger partial charge in [0.1, 0.15) is 5.82 Å². The van der Waals surface area contributed by atoms with Crippen molar-refractivity contribution in [1.29, 1.82) is 0 Å². The zero-order valence-electron chi connectivity index (χ0n) is 19.5. The maximum absolute atomic E-state index is 13.7. The fourth-order valence-electron chi connectivity index (χ4n) is 3.54. The predicted molar refractivity (Wildman–Crippen MR) is 138 cm³/mol. The minimum absolute atomic E-state index is 0.128. The second-order valence-corrected chi connectivity index (χ2v) is 8.16. The molecule has 0 aliphatic carbocycles. The number of rotatable bonds is 7. The standard InChI is InChI=1S/C29H22F3N3O2/c30-22-12-10-20(11-13-22)23(15-19-7-14-24(31)25(32)16-19)29(37)34-17-18-5-8-21(9-6-18)28(36)35-27-4-2-1-3-26(27)33/h1-16H,17,33H2,(H,34,37)(H,35,36). The molecule has 2 amide bonds. The topological polar surface area (TPSA) is 84.2 Å². The van der Waals surface area contributed by atoms with Gasteiger partial charge in [-0.2, -0.15) is 0 Å². The van der Waals surface area contributed by atoms with Gasteiger partial charge < -0.3 is 16.4 Å². The molecule has 0 atom stereocenters. The molecule has 0 saturated carbocycles. The van der Waals surface area contributed by atoms with E-state index in [1.54, 1.807) is 48.5 Å². The summed E-state index contributed by atoms with van der Waals surface area (Å²) in [5.74, 6) is -3.37. The lowest BCUT2D eigenvalue weighted by atomic mass is 10.0. The summed E-state index contributed by atoms with van der Waals surface area (Å²) in [6.07, 6.45) is 1.40. The molecular weight excluding hydrogens is 479 g/mol. The highest BCUT2D eigenvalue weighted by molar-refractivity contribution is 6.24. The summed E-state index contributed by atoms with van der Waals surface area (Å²) in [7, 11) is 0. The molecule has 4 aromatic rings. The van der Waals surface area contributed by atoms with Gasteiger partial charge in [-0.05, 0) is 71.3 Å². The minimum Gasteiger partial charge on any atom is -0.397 e. The second-order valence-electron chi connectivity index (χ2n) is 8.16. The number of amides is 2. The van der Waals surface area contributed by atoms with Gasteiger partial charge in [0, 0.05) is 17.7 Å². The Hall–Kier alpha value is -4.85. The smallest absolute Gasteiger partial charge is 0.255 e. The van der Waals surface area contributed by atoms with Gasteiger partial charge in [-0.3, -0.25) is 9.59 Å². The number of carbonyl (C=O) groups excluding carboxylic acids is 2. The monoisotopic (exact) mass is 501 g/mol. The zero-order valence-corrected chi connectivity index (χ0v) is 19.5. The van der Waals surface area contributed by atoms with Crippen LogP contribution in [-0.2, 0) is 11.3 Å². The van der Waals surface area contributed by atoms with Crippen LogP contribution in [0.1, 0.15) is 27.0 Å². The molecule has 0 spiro atoms. The molecule has 0 radical (unpaired) electrons. The van der Waals surface area contributed by atoms with Crippen molar-refractivity contribution in [3.05, 3.63) is 131 Å². The summed E-state index contributed by atoms with van der Waals surface area (Å²) in [5, 5.41) is 5.51. The Morgan fingerprint density at radius 3 is 2.14 bits per heavy atom. The molecule has 4 aromatic carbocycles. The number of carbonyl (C=O) groups is 2. The fraction of sp³-hybridized carbons (Fsp3) is 0.0345. The number of halogens is 3. The van der Waals surface area contributed by atoms with Crippen LogP contribution in [0.15, 0.2) is 91.0 Å². The molecule has 37 heavy (non-hydrogen) atoms. The SMILES string of the molecule is Nc1ccccc1NC(=O)c1ccc(CNC(=O)C(=Cc2ccc(F)c(F)c2)c2ccc(F)cc2)cc1. The first-order valence-corrected chi connectivity index (χ1v) is 11.3. The zero-order chi connectivity index (χ0) is 26.4. The van der Waals surface area contributed by atoms with Gasteiger partial charge in [-0.1, -0.05) is 42.5 Å². The van der Waals surface area contributed by atoms with Crippen LogP contribution in [0.5, 0.6) is 0 Å². The highest BCUT2D eigenvalue weighted by Crippen LogP contribution is 2.21. The van der Waals surface area contributed by atoms with Crippen molar-refractivity contribution in [2.24, 2.45) is 0 Å². The molecule has 0 saturated heterocycles. The number of nitrogens with one attached hydrogen (secondary N) is 2. The lowest BCUT2D eigenvalue weighted by Gasteiger charge is -2.11. The van der Waals surface area contributed by atoms with E-state index in [4.69, 9.17) is 5.73 Å². The third kappa shape index (κ3) is 6.43. The lowest BCUT2D eigenvalue weighted by Crippen LogP contribution is -2.24. The first-order valence-electron chi connectivity index (χ1n) is 11.3. The number of anilines is 2. The molecule has 4 rings (SSSR count). The van der Waals surface area contributed by atoms with Crippen LogP contribution in [0.3, 0.4) is 0 Å². The van der Waals surface area contributed by atoms with Gasteiger partial charge in [0.15, 0.2) is 11.6 Å². The molecule has 0 bridgehead atoms. The first-order chi connectivity index (χ1) is 17.8. The quantitative estimate of drug-likeness (QED) is 0.170. The van der Waals surface area contributed by atoms with Crippen LogP contribution in [0, 0.1) is 17.5 Å². The van der Waals surface area contributed by atoms with E-state index in [1.807, 2.05) is 0 Å². The van der Waals surface area contributed by atoms with Gasteiger partial charge in [0.2, 0.25) is 0 Å². The fourth-order valence-corrected chi connectivity index (χ4v) is 3.54. The van der Waals surface area contributed by atoms with E-state index in [0.717, 1.165) is 17.7 Å². The Bertz CT molecular complexity index is 1470. The van der Waals surface area contributed by atoms with Crippen molar-refractivity contribution in [3.63, 3.8) is 0 Å². The van der Waals surface area contributed by atoms with E-state index in [0.29, 0.717) is 22.5 Å². The van der Waals surface area contributed by atoms with Crippen LogP contribution in [0.25, 0.3) is 11.6 Å². The largest absolute Gasteiger partial charge is 0.397 e. The van der Waals surface area contributed by atoms with E-state index in [9.17, 15) is 22.8 Å². The van der Waals surface area contributed by atoms with Gasteiger partial charge >= 0.3 is 0 Å². The third-order valence-electron chi connectivity index (χ3n) is 5.53. The van der Waals surface area contributed by atoms with Crippen LogP contribution in [-0.4, -0.2) is 11.8 Å². The summed E-state index contributed by atoms with van der Waals surface area (Å²) in [5.41, 5.74) is 8.74. The molecule has 0 fully saturated rings. The normalized spacial score (nSPS) is 11.2. The Morgan fingerprint density at radius 2 is 1.46 bits per heavy atom. The lowest BCUT2D eigenvalue weighted by molar-refractivity contribution is -0.115. The van der Waals surface area contributed by atoms with Crippen molar-refractivity contribution in [2.75, 3.05) is 11.1 Å². The summed E-state index contributed by atoms with van der Waals surface area (Å²) in [4.78, 5) is 25.6. The molecule has 0 aliphatic rings. The second kappa shape index (κ2) is 11.3. The maximum atomic E-state index is 13.7. The number of hydrogen-bond donors (Lipinski definition) is 3. The van der Waals surface area contributed by atoms with E-state index >= 15 is 0 Å². The van der Waals surface area contributed by atoms with Gasteiger partial charge in [0.05, 0.1) is 11.4 Å². The minimum atomic E-state index is -1.05. The number of hydrogen-bond acceptors (Lipinski definition) is 3. The molecule has 0 unspecified atom stereocenters. The van der Waals surface area contributed by atoms with Crippen molar-refractivity contribution < 1.29 is 22.8 Å². The molecule has 186 valence electrons. The average Bonchev–Trinajstić information content (AvgIpc) is 2.90. The van der Waals surface area contributed by atoms with Gasteiger partial charge in [0.25, 0.3) is 11.8 Å². The number of nitrogen functional groups attached to an aromatic ring is 1. The molecular formula is C29H22F3N3O2. The van der Waals surface area contributed by atoms with Gasteiger partial charge in [-0.25, -0.2) is 13.2 Å². The average molecular weight is 502 g/mol. The van der Waals surface area contributed by atoms with Crippen molar-refractivity contribution >= 4 is 34.8 Å². The van der Waals surface area contributed by atoms with E-state index < -0.39 is 23.4 Å². The Balaban J connectivity index is 1.48. The van der Waals surface area contributed by atoms with E-state index in [1.165, 1.54) is 36.4 Å². The van der Waals surface area contributed by atoms with Gasteiger partial charge in [-0.15, -0.1) is 0 Å². The van der Waals surface area contributed by atoms with Crippen LogP contribution in [0.4, 0.5) is 24.5 Å². The number of nitrogens with two attached hydrogens (primary N) is 1. The van der Waals surface area contributed by atoms with Crippen LogP contribution < -0.4 is 16.4 Å². The summed E-state index contributed by atoms with van der Waals surface area (Å²) in [6.45, 7) is 0.128. The van der Waals surface area contributed by atoms with Crippen molar-refractivity contribution in [3.8, 4) is 0 Å². The number of benzene rings is 4. The highest BCUT2D eigenvalue weighted by atomic mass is 19.2. The Kier molecular flexibility index (Phi) is 7.68. The molecule has 8 heteroatoms. The summed E-state index contributed by atoms with van der Waals surface area (Å²) < 4.78 is 40.5. The Labute approximate surface area is 211 Å². The third-order valence-corrected chi connectivity index (χ3v) is 5.53. The first kappa shape index (κ1) is 25.2. The highest BCUT2D eigenvalue weighted by Gasteiger charge is 2.14. The molecule has 0 aliphatic heterocycles. The van der Waals surface area contributed by atoms with E-state index in [-0.39, 0.29) is 23.6 Å². The molecule has 0 heterocycles.